The van der Waals surface area contributed by atoms with E-state index in [9.17, 15) is 0 Å². The first kappa shape index (κ1) is 21.3. The molecule has 0 unspecified atom stereocenters. The van der Waals surface area contributed by atoms with Gasteiger partial charge in [-0.25, -0.2) is 0 Å². The van der Waals surface area contributed by atoms with Gasteiger partial charge in [-0.05, 0) is 41.0 Å². The highest BCUT2D eigenvalue weighted by atomic mass is 16.5. The van der Waals surface area contributed by atoms with Gasteiger partial charge in [0.05, 0.1) is 14.2 Å². The molecule has 1 aliphatic heterocycles. The molecule has 4 heteroatoms. The van der Waals surface area contributed by atoms with Crippen molar-refractivity contribution in [2.24, 2.45) is 5.73 Å². The summed E-state index contributed by atoms with van der Waals surface area (Å²) in [5.41, 5.74) is 9.94. The summed E-state index contributed by atoms with van der Waals surface area (Å²) in [5, 5.41) is 3.43. The molecule has 0 saturated carbocycles. The minimum Gasteiger partial charge on any atom is -0.497 e. The average molecular weight is 371 g/mol. The van der Waals surface area contributed by atoms with E-state index in [2.05, 4.69) is 51.2 Å². The highest BCUT2D eigenvalue weighted by Gasteiger charge is 2.27. The highest BCUT2D eigenvalue weighted by Crippen LogP contribution is 2.32. The number of ether oxygens (including phenoxy) is 2. The minimum absolute atomic E-state index is 0.0224. The van der Waals surface area contributed by atoms with E-state index in [0.29, 0.717) is 6.54 Å². The molecule has 3 rings (SSSR count). The molecule has 148 valence electrons. The van der Waals surface area contributed by atoms with Gasteiger partial charge in [-0.3, -0.25) is 0 Å². The number of hydrogen-bond donors (Lipinski definition) is 2. The zero-order valence-electron chi connectivity index (χ0n) is 17.6. The summed E-state index contributed by atoms with van der Waals surface area (Å²) in [6, 6.07) is 14.4. The Hall–Kier alpha value is -2.04. The van der Waals surface area contributed by atoms with Gasteiger partial charge in [0.2, 0.25) is 0 Å². The number of hydrogen-bond acceptors (Lipinski definition) is 4. The lowest BCUT2D eigenvalue weighted by molar-refractivity contribution is 0.403. The molecular formula is C23H34N2O2. The molecule has 0 aliphatic carbocycles. The number of fused-ring (bicyclic) bond motifs is 1. The molecule has 27 heavy (non-hydrogen) atoms. The van der Waals surface area contributed by atoms with E-state index < -0.39 is 0 Å². The smallest absolute Gasteiger partial charge is 0.119 e. The van der Waals surface area contributed by atoms with Crippen molar-refractivity contribution in [3.63, 3.8) is 0 Å². The van der Waals surface area contributed by atoms with Crippen molar-refractivity contribution in [2.75, 3.05) is 27.3 Å². The topological polar surface area (TPSA) is 56.5 Å². The number of benzene rings is 2. The zero-order chi connectivity index (χ0) is 20.1. The third-order valence-electron chi connectivity index (χ3n) is 5.29. The van der Waals surface area contributed by atoms with Crippen LogP contribution in [0.5, 0.6) is 11.5 Å². The fourth-order valence-corrected chi connectivity index (χ4v) is 3.23. The maximum absolute atomic E-state index is 5.69. The van der Waals surface area contributed by atoms with Gasteiger partial charge in [-0.1, -0.05) is 45.9 Å². The monoisotopic (exact) mass is 370 g/mol. The summed E-state index contributed by atoms with van der Waals surface area (Å²) >= 11 is 0. The number of nitrogens with two attached hydrogens (primary N) is 1. The minimum atomic E-state index is 0.0224. The molecule has 0 aromatic heterocycles. The Morgan fingerprint density at radius 2 is 1.70 bits per heavy atom. The van der Waals surface area contributed by atoms with Crippen molar-refractivity contribution < 1.29 is 9.47 Å². The van der Waals surface area contributed by atoms with Crippen LogP contribution in [0.15, 0.2) is 42.5 Å². The van der Waals surface area contributed by atoms with Crippen LogP contribution in [-0.4, -0.2) is 27.3 Å². The predicted molar refractivity (Wildman–Crippen MR) is 113 cm³/mol. The van der Waals surface area contributed by atoms with Crippen LogP contribution >= 0.6 is 0 Å². The van der Waals surface area contributed by atoms with E-state index in [4.69, 9.17) is 15.2 Å². The van der Waals surface area contributed by atoms with Crippen LogP contribution in [0.2, 0.25) is 0 Å². The van der Waals surface area contributed by atoms with Crippen molar-refractivity contribution >= 4 is 0 Å². The summed E-state index contributed by atoms with van der Waals surface area (Å²) in [6.07, 6.45) is 0. The fourth-order valence-electron chi connectivity index (χ4n) is 3.23. The Balaban J connectivity index is 0.000000194. The molecule has 0 fully saturated rings. The van der Waals surface area contributed by atoms with Gasteiger partial charge in [0, 0.05) is 30.5 Å². The second kappa shape index (κ2) is 8.77. The number of nitrogens with one attached hydrogen (secondary N) is 1. The second-order valence-electron chi connectivity index (χ2n) is 8.33. The van der Waals surface area contributed by atoms with Gasteiger partial charge in [-0.2, -0.15) is 0 Å². The van der Waals surface area contributed by atoms with Crippen molar-refractivity contribution in [1.82, 2.24) is 5.32 Å². The van der Waals surface area contributed by atoms with Crippen LogP contribution < -0.4 is 20.5 Å². The first-order valence-corrected chi connectivity index (χ1v) is 9.46. The van der Waals surface area contributed by atoms with Crippen molar-refractivity contribution in [2.45, 2.75) is 45.1 Å². The fraction of sp³-hybridized carbons (Fsp3) is 0.478. The molecule has 0 saturated heterocycles. The first-order chi connectivity index (χ1) is 12.7. The van der Waals surface area contributed by atoms with E-state index in [0.717, 1.165) is 24.6 Å². The third kappa shape index (κ3) is 5.24. The number of methoxy groups -OCH3 is 2. The van der Waals surface area contributed by atoms with Crippen LogP contribution in [0.4, 0.5) is 0 Å². The van der Waals surface area contributed by atoms with Gasteiger partial charge >= 0.3 is 0 Å². The molecule has 4 nitrogen and oxygen atoms in total. The Morgan fingerprint density at radius 1 is 1.04 bits per heavy atom. The SMILES string of the molecule is COc1ccc2c(c1)C(C)(C)CNC2.COc1cccc(C(C)(C)CN)c1. The predicted octanol–water partition coefficient (Wildman–Crippen LogP) is 4.01. The molecule has 0 radical (unpaired) electrons. The largest absolute Gasteiger partial charge is 0.497 e. The van der Waals surface area contributed by atoms with Crippen LogP contribution in [0.25, 0.3) is 0 Å². The third-order valence-corrected chi connectivity index (χ3v) is 5.29. The maximum Gasteiger partial charge on any atom is 0.119 e. The van der Waals surface area contributed by atoms with Gasteiger partial charge in [0.25, 0.3) is 0 Å². The molecule has 1 aliphatic rings. The van der Waals surface area contributed by atoms with E-state index in [1.54, 1.807) is 14.2 Å². The molecule has 0 amide bonds. The normalized spacial score (nSPS) is 15.2. The van der Waals surface area contributed by atoms with Gasteiger partial charge in [0.15, 0.2) is 0 Å². The van der Waals surface area contributed by atoms with Gasteiger partial charge in [0.1, 0.15) is 11.5 Å². The van der Waals surface area contributed by atoms with Crippen LogP contribution in [-0.2, 0) is 17.4 Å². The molecule has 2 aromatic carbocycles. The molecule has 0 spiro atoms. The molecular weight excluding hydrogens is 336 g/mol. The first-order valence-electron chi connectivity index (χ1n) is 9.46. The Labute approximate surface area is 164 Å². The molecule has 2 aromatic rings. The average Bonchev–Trinajstić information content (AvgIpc) is 2.68. The Kier molecular flexibility index (Phi) is 6.90. The quantitative estimate of drug-likeness (QED) is 0.854. The van der Waals surface area contributed by atoms with Crippen molar-refractivity contribution in [3.05, 3.63) is 59.2 Å². The molecule has 3 N–H and O–H groups in total. The van der Waals surface area contributed by atoms with Gasteiger partial charge < -0.3 is 20.5 Å². The van der Waals surface area contributed by atoms with Crippen molar-refractivity contribution in [3.8, 4) is 11.5 Å². The lowest BCUT2D eigenvalue weighted by Gasteiger charge is -2.33. The summed E-state index contributed by atoms with van der Waals surface area (Å²) in [5.74, 6) is 1.85. The van der Waals surface area contributed by atoms with E-state index in [-0.39, 0.29) is 10.8 Å². The molecule has 0 bridgehead atoms. The van der Waals surface area contributed by atoms with E-state index in [1.807, 2.05) is 24.3 Å². The van der Waals surface area contributed by atoms with Gasteiger partial charge in [-0.15, -0.1) is 0 Å². The summed E-state index contributed by atoms with van der Waals surface area (Å²) < 4.78 is 10.4. The lowest BCUT2D eigenvalue weighted by Crippen LogP contribution is -2.38. The zero-order valence-corrected chi connectivity index (χ0v) is 17.6. The Bertz CT molecular complexity index is 754. The standard InChI is InChI=1S/C12H17NO.C11H17NO/c1-12(2)8-13-7-9-4-5-10(14-3)6-11(9)12;1-11(2,8-12)9-5-4-6-10(7-9)13-3/h4-6,13H,7-8H2,1-3H3;4-7H,8,12H2,1-3H3. The lowest BCUT2D eigenvalue weighted by atomic mass is 9.79. The molecule has 0 atom stereocenters. The van der Waals surface area contributed by atoms with E-state index in [1.165, 1.54) is 16.7 Å². The van der Waals surface area contributed by atoms with Crippen molar-refractivity contribution in [1.29, 1.82) is 0 Å². The second-order valence-corrected chi connectivity index (χ2v) is 8.33. The summed E-state index contributed by atoms with van der Waals surface area (Å²) in [4.78, 5) is 0. The van der Waals surface area contributed by atoms with Crippen LogP contribution in [0.3, 0.4) is 0 Å². The number of rotatable bonds is 4. The highest BCUT2D eigenvalue weighted by molar-refractivity contribution is 5.41. The molecule has 1 heterocycles. The summed E-state index contributed by atoms with van der Waals surface area (Å²) in [7, 11) is 3.39. The maximum atomic E-state index is 5.69. The van der Waals surface area contributed by atoms with Crippen LogP contribution in [0.1, 0.15) is 44.4 Å². The van der Waals surface area contributed by atoms with E-state index >= 15 is 0 Å². The Morgan fingerprint density at radius 3 is 2.33 bits per heavy atom. The van der Waals surface area contributed by atoms with Crippen LogP contribution in [0, 0.1) is 0 Å². The summed E-state index contributed by atoms with van der Waals surface area (Å²) in [6.45, 7) is 11.4.